The highest BCUT2D eigenvalue weighted by Gasteiger charge is 2.21. The van der Waals surface area contributed by atoms with Gasteiger partial charge < -0.3 is 0 Å². The largest absolute Gasteiger partial charge is 0.207 e. The molecule has 0 atom stereocenters. The zero-order valence-electron chi connectivity index (χ0n) is 22.5. The third-order valence-electron chi connectivity index (χ3n) is 8.11. The first-order valence-electron chi connectivity index (χ1n) is 14.8. The Hall–Kier alpha value is -1.77. The van der Waals surface area contributed by atoms with E-state index in [9.17, 15) is 4.39 Å². The Balaban J connectivity index is 1.39. The van der Waals surface area contributed by atoms with Gasteiger partial charge in [-0.1, -0.05) is 116 Å². The van der Waals surface area contributed by atoms with E-state index in [1.54, 1.807) is 6.07 Å². The summed E-state index contributed by atoms with van der Waals surface area (Å²) in [7, 11) is 0. The van der Waals surface area contributed by atoms with Crippen LogP contribution in [0.3, 0.4) is 0 Å². The Bertz CT molecular complexity index is 824. The minimum absolute atomic E-state index is 0.0925. The first-order chi connectivity index (χ1) is 17.2. The second kappa shape index (κ2) is 16.1. The molecule has 0 radical (unpaired) electrons. The molecule has 1 saturated carbocycles. The molecule has 1 fully saturated rings. The molecule has 3 rings (SSSR count). The second-order valence-electron chi connectivity index (χ2n) is 11.0. The number of benzene rings is 1. The lowest BCUT2D eigenvalue weighted by molar-refractivity contribution is 0.248. The van der Waals surface area contributed by atoms with Crippen molar-refractivity contribution in [3.63, 3.8) is 0 Å². The normalized spacial score (nSPS) is 18.1. The highest BCUT2D eigenvalue weighted by molar-refractivity contribution is 5.59. The molecule has 3 heteroatoms. The lowest BCUT2D eigenvalue weighted by Crippen LogP contribution is -2.15. The molecule has 0 bridgehead atoms. The van der Waals surface area contributed by atoms with Crippen molar-refractivity contribution in [2.24, 2.45) is 11.8 Å². The molecule has 2 nitrogen and oxygen atoms in total. The molecule has 0 N–H and O–H groups in total. The number of halogens is 1. The van der Waals surface area contributed by atoms with Crippen LogP contribution in [-0.2, 0) is 12.8 Å². The Kier molecular flexibility index (Phi) is 12.8. The average Bonchev–Trinajstić information content (AvgIpc) is 2.89. The Labute approximate surface area is 214 Å². The summed E-state index contributed by atoms with van der Waals surface area (Å²) < 4.78 is 14.9. The topological polar surface area (TPSA) is 25.8 Å². The van der Waals surface area contributed by atoms with Crippen molar-refractivity contribution in [1.82, 2.24) is 10.2 Å². The second-order valence-corrected chi connectivity index (χ2v) is 11.0. The minimum Gasteiger partial charge on any atom is -0.207 e. The van der Waals surface area contributed by atoms with Crippen LogP contribution in [0, 0.1) is 17.7 Å². The quantitative estimate of drug-likeness (QED) is 0.223. The Morgan fingerprint density at radius 1 is 0.686 bits per heavy atom. The van der Waals surface area contributed by atoms with Crippen molar-refractivity contribution in [3.05, 3.63) is 47.4 Å². The standard InChI is InChI=1S/C32H49FN2/c1-3-5-7-9-11-13-26-15-17-27(18-16-26)19-20-28-21-22-29(25-31(28)33)32-24-23-30(34-35-32)14-12-10-8-6-4-2/h21-27H,3-20H2,1-2H3. The number of hydrogen-bond acceptors (Lipinski definition) is 2. The Morgan fingerprint density at radius 3 is 1.97 bits per heavy atom. The molecule has 2 aromatic rings. The number of aryl methyl sites for hydroxylation is 2. The summed E-state index contributed by atoms with van der Waals surface area (Å²) in [5.41, 5.74) is 3.47. The van der Waals surface area contributed by atoms with Gasteiger partial charge in [-0.15, -0.1) is 0 Å². The lowest BCUT2D eigenvalue weighted by Gasteiger charge is -2.28. The molecule has 35 heavy (non-hydrogen) atoms. The number of hydrogen-bond donors (Lipinski definition) is 0. The van der Waals surface area contributed by atoms with Gasteiger partial charge in [0.2, 0.25) is 0 Å². The van der Waals surface area contributed by atoms with Crippen molar-refractivity contribution in [2.75, 3.05) is 0 Å². The predicted octanol–water partition coefficient (Wildman–Crippen LogP) is 9.90. The first-order valence-corrected chi connectivity index (χ1v) is 14.8. The van der Waals surface area contributed by atoms with Crippen LogP contribution in [0.4, 0.5) is 4.39 Å². The number of rotatable bonds is 16. The molecule has 1 aromatic heterocycles. The third-order valence-corrected chi connectivity index (χ3v) is 8.11. The summed E-state index contributed by atoms with van der Waals surface area (Å²) in [6, 6.07) is 9.68. The fraction of sp³-hybridized carbons (Fsp3) is 0.688. The fourth-order valence-electron chi connectivity index (χ4n) is 5.67. The van der Waals surface area contributed by atoms with Crippen LogP contribution in [0.1, 0.15) is 128 Å². The molecule has 194 valence electrons. The summed E-state index contributed by atoms with van der Waals surface area (Å²) in [4.78, 5) is 0. The monoisotopic (exact) mass is 480 g/mol. The fourth-order valence-corrected chi connectivity index (χ4v) is 5.67. The molecule has 0 aliphatic heterocycles. The van der Waals surface area contributed by atoms with E-state index in [2.05, 4.69) is 30.1 Å². The van der Waals surface area contributed by atoms with E-state index in [4.69, 9.17) is 0 Å². The van der Waals surface area contributed by atoms with Crippen LogP contribution in [-0.4, -0.2) is 10.2 Å². The molecular formula is C32H49FN2. The number of unbranched alkanes of at least 4 members (excludes halogenated alkanes) is 8. The average molecular weight is 481 g/mol. The van der Waals surface area contributed by atoms with E-state index in [1.807, 2.05) is 18.2 Å². The molecule has 0 saturated heterocycles. The van der Waals surface area contributed by atoms with Gasteiger partial charge in [0.1, 0.15) is 5.82 Å². The van der Waals surface area contributed by atoms with Crippen LogP contribution in [0.5, 0.6) is 0 Å². The van der Waals surface area contributed by atoms with Gasteiger partial charge in [-0.05, 0) is 61.3 Å². The maximum Gasteiger partial charge on any atom is 0.127 e. The van der Waals surface area contributed by atoms with Gasteiger partial charge in [-0.25, -0.2) is 4.39 Å². The zero-order chi connectivity index (χ0) is 24.7. The van der Waals surface area contributed by atoms with Gasteiger partial charge in [0.25, 0.3) is 0 Å². The van der Waals surface area contributed by atoms with Crippen LogP contribution in [0.25, 0.3) is 11.3 Å². The van der Waals surface area contributed by atoms with Crippen molar-refractivity contribution in [3.8, 4) is 11.3 Å². The molecule has 1 aromatic carbocycles. The Morgan fingerprint density at radius 2 is 1.34 bits per heavy atom. The maximum atomic E-state index is 14.9. The van der Waals surface area contributed by atoms with Crippen molar-refractivity contribution >= 4 is 0 Å². The van der Waals surface area contributed by atoms with E-state index in [1.165, 1.54) is 89.9 Å². The maximum absolute atomic E-state index is 14.9. The highest BCUT2D eigenvalue weighted by Crippen LogP contribution is 2.34. The molecule has 0 spiro atoms. The smallest absolute Gasteiger partial charge is 0.127 e. The van der Waals surface area contributed by atoms with Crippen LogP contribution >= 0.6 is 0 Å². The molecule has 0 amide bonds. The summed E-state index contributed by atoms with van der Waals surface area (Å²) in [6.07, 6.45) is 23.1. The van der Waals surface area contributed by atoms with Gasteiger partial charge in [0, 0.05) is 5.56 Å². The molecular weight excluding hydrogens is 431 g/mol. The summed E-state index contributed by atoms with van der Waals surface area (Å²) in [6.45, 7) is 4.52. The van der Waals surface area contributed by atoms with Gasteiger partial charge in [-0.3, -0.25) is 0 Å². The minimum atomic E-state index is -0.0925. The van der Waals surface area contributed by atoms with Gasteiger partial charge in [-0.2, -0.15) is 10.2 Å². The third kappa shape index (κ3) is 10.0. The molecule has 1 aliphatic rings. The van der Waals surface area contributed by atoms with Crippen LogP contribution in [0.2, 0.25) is 0 Å². The van der Waals surface area contributed by atoms with E-state index in [0.717, 1.165) is 60.0 Å². The van der Waals surface area contributed by atoms with E-state index < -0.39 is 0 Å². The zero-order valence-corrected chi connectivity index (χ0v) is 22.5. The van der Waals surface area contributed by atoms with E-state index in [0.29, 0.717) is 0 Å². The lowest BCUT2D eigenvalue weighted by atomic mass is 9.77. The van der Waals surface area contributed by atoms with Crippen molar-refractivity contribution < 1.29 is 4.39 Å². The summed E-state index contributed by atoms with van der Waals surface area (Å²) >= 11 is 0. The summed E-state index contributed by atoms with van der Waals surface area (Å²) in [5.74, 6) is 1.62. The molecule has 0 unspecified atom stereocenters. The molecule has 1 heterocycles. The number of nitrogens with zero attached hydrogens (tertiary/aromatic N) is 2. The van der Waals surface area contributed by atoms with E-state index in [-0.39, 0.29) is 5.82 Å². The van der Waals surface area contributed by atoms with Gasteiger partial charge >= 0.3 is 0 Å². The van der Waals surface area contributed by atoms with Crippen LogP contribution in [0.15, 0.2) is 30.3 Å². The highest BCUT2D eigenvalue weighted by atomic mass is 19.1. The first kappa shape index (κ1) is 27.8. The van der Waals surface area contributed by atoms with Gasteiger partial charge in [0.05, 0.1) is 11.4 Å². The summed E-state index contributed by atoms with van der Waals surface area (Å²) in [5, 5.41) is 8.77. The van der Waals surface area contributed by atoms with Crippen LogP contribution < -0.4 is 0 Å². The number of aromatic nitrogens is 2. The van der Waals surface area contributed by atoms with Crippen molar-refractivity contribution in [2.45, 2.75) is 129 Å². The molecule has 1 aliphatic carbocycles. The van der Waals surface area contributed by atoms with E-state index >= 15 is 0 Å². The predicted molar refractivity (Wildman–Crippen MR) is 147 cm³/mol. The van der Waals surface area contributed by atoms with Gasteiger partial charge in [0.15, 0.2) is 0 Å². The van der Waals surface area contributed by atoms with Crippen molar-refractivity contribution in [1.29, 1.82) is 0 Å². The SMILES string of the molecule is CCCCCCCc1ccc(-c2ccc(CCC3CCC(CCCCCCC)CC3)c(F)c2)nn1.